The number of nitrogens with one attached hydrogen (secondary N) is 2. The van der Waals surface area contributed by atoms with E-state index in [1.807, 2.05) is 0 Å². The maximum Gasteiger partial charge on any atom is 0.412 e. The van der Waals surface area contributed by atoms with Crippen LogP contribution in [0.4, 0.5) is 16.2 Å². The molecule has 14 heteroatoms. The second-order valence-corrected chi connectivity index (χ2v) is 12.1. The molecule has 0 unspecified atom stereocenters. The van der Waals surface area contributed by atoms with Crippen LogP contribution in [0, 0.1) is 10.1 Å². The zero-order chi connectivity index (χ0) is 27.8. The topological polar surface area (TPSA) is 166 Å². The number of rotatable bonds is 12. The van der Waals surface area contributed by atoms with Gasteiger partial charge in [0.1, 0.15) is 11.8 Å². The predicted octanol–water partition coefficient (Wildman–Crippen LogP) is 4.38. The molecule has 1 atom stereocenters. The van der Waals surface area contributed by atoms with E-state index in [0.717, 1.165) is 43.9 Å². The number of nitrogens with zero attached hydrogens (tertiary/aromatic N) is 2. The molecule has 1 aromatic carbocycles. The monoisotopic (exact) mass is 558 g/mol. The molecule has 2 rings (SSSR count). The van der Waals surface area contributed by atoms with Crippen molar-refractivity contribution in [2.24, 2.45) is 4.99 Å². The quantitative estimate of drug-likeness (QED) is 0.164. The Hall–Kier alpha value is -2.71. The van der Waals surface area contributed by atoms with Crippen LogP contribution in [-0.4, -0.2) is 55.1 Å². The van der Waals surface area contributed by atoms with E-state index >= 15 is 0 Å². The van der Waals surface area contributed by atoms with Crippen molar-refractivity contribution in [1.82, 2.24) is 4.72 Å². The van der Waals surface area contributed by atoms with Crippen LogP contribution in [-0.2, 0) is 30.7 Å². The van der Waals surface area contributed by atoms with Gasteiger partial charge in [0, 0.05) is 12.2 Å². The Labute approximate surface area is 221 Å². The fourth-order valence-electron chi connectivity index (χ4n) is 3.53. The lowest BCUT2D eigenvalue weighted by Gasteiger charge is -2.21. The van der Waals surface area contributed by atoms with Gasteiger partial charge in [-0.3, -0.25) is 25.2 Å². The number of carbonyl (C=O) groups excluding carboxylic acids is 2. The number of hydrogen-bond acceptors (Lipinski definition) is 10. The molecular weight excluding hydrogens is 524 g/mol. The van der Waals surface area contributed by atoms with E-state index in [1.54, 1.807) is 20.8 Å². The molecule has 0 saturated heterocycles. The minimum atomic E-state index is -4.38. The highest BCUT2D eigenvalue weighted by Gasteiger charge is 2.34. The molecule has 0 spiro atoms. The smallest absolute Gasteiger partial charge is 0.412 e. The number of nitro benzene ring substituents is 1. The first-order chi connectivity index (χ1) is 17.3. The lowest BCUT2D eigenvalue weighted by molar-refractivity contribution is -0.388. The fourth-order valence-corrected chi connectivity index (χ4v) is 5.96. The number of aliphatic imine (C=N–C) groups is 1. The van der Waals surface area contributed by atoms with Crippen molar-refractivity contribution >= 4 is 50.3 Å². The van der Waals surface area contributed by atoms with Crippen molar-refractivity contribution < 1.29 is 32.4 Å². The molecule has 0 aliphatic carbocycles. The van der Waals surface area contributed by atoms with Gasteiger partial charge in [0.05, 0.1) is 28.3 Å². The molecular formula is C23H34N4O8S2. The third kappa shape index (κ3) is 9.27. The molecule has 1 amide bonds. The highest BCUT2D eigenvalue weighted by molar-refractivity contribution is 8.14. The Kier molecular flexibility index (Phi) is 10.9. The predicted molar refractivity (Wildman–Crippen MR) is 141 cm³/mol. The third-order valence-electron chi connectivity index (χ3n) is 5.15. The summed E-state index contributed by atoms with van der Waals surface area (Å²) >= 11 is 1.45. The van der Waals surface area contributed by atoms with Gasteiger partial charge < -0.3 is 9.47 Å². The van der Waals surface area contributed by atoms with Crippen molar-refractivity contribution in [2.75, 3.05) is 18.2 Å². The molecule has 1 aromatic rings. The summed E-state index contributed by atoms with van der Waals surface area (Å²) in [6, 6.07) is 2.28. The number of ether oxygens (including phenoxy) is 2. The van der Waals surface area contributed by atoms with Gasteiger partial charge in [-0.05, 0) is 52.2 Å². The Morgan fingerprint density at radius 2 is 1.95 bits per heavy atom. The zero-order valence-electron chi connectivity index (χ0n) is 21.7. The van der Waals surface area contributed by atoms with E-state index in [4.69, 9.17) is 4.74 Å². The maximum atomic E-state index is 13.3. The molecule has 0 saturated carbocycles. The van der Waals surface area contributed by atoms with Crippen molar-refractivity contribution in [3.63, 3.8) is 0 Å². The van der Waals surface area contributed by atoms with Crippen LogP contribution in [0.25, 0.3) is 0 Å². The summed E-state index contributed by atoms with van der Waals surface area (Å²) in [7, 11) is -3.22. The second kappa shape index (κ2) is 13.2. The molecule has 0 fully saturated rings. The molecule has 0 bridgehead atoms. The number of unbranched alkanes of at least 4 members (excludes halogenated alkanes) is 2. The largest absolute Gasteiger partial charge is 0.469 e. The van der Waals surface area contributed by atoms with Gasteiger partial charge in [-0.2, -0.15) is 4.72 Å². The number of benzene rings is 1. The summed E-state index contributed by atoms with van der Waals surface area (Å²) < 4.78 is 38.8. The number of methoxy groups -OCH3 is 1. The van der Waals surface area contributed by atoms with Crippen LogP contribution < -0.4 is 10.0 Å². The van der Waals surface area contributed by atoms with Gasteiger partial charge in [-0.1, -0.05) is 19.8 Å². The van der Waals surface area contributed by atoms with Gasteiger partial charge in [0.15, 0.2) is 4.90 Å². The summed E-state index contributed by atoms with van der Waals surface area (Å²) in [4.78, 5) is 39.2. The molecule has 2 N–H and O–H groups in total. The summed E-state index contributed by atoms with van der Waals surface area (Å²) in [5.74, 6) is -0.279. The Balaban J connectivity index is 2.44. The first-order valence-electron chi connectivity index (χ1n) is 11.9. The average Bonchev–Trinajstić information content (AvgIpc) is 3.22. The van der Waals surface area contributed by atoms with Gasteiger partial charge in [-0.15, -0.1) is 11.8 Å². The summed E-state index contributed by atoms with van der Waals surface area (Å²) in [6.45, 7) is 7.02. The first kappa shape index (κ1) is 30.5. The van der Waals surface area contributed by atoms with Gasteiger partial charge in [0.2, 0.25) is 10.0 Å². The van der Waals surface area contributed by atoms with Crippen LogP contribution in [0.15, 0.2) is 22.0 Å². The lowest BCUT2D eigenvalue weighted by Crippen LogP contribution is -2.34. The number of anilines is 1. The minimum absolute atomic E-state index is 0.0449. The Morgan fingerprint density at radius 1 is 1.24 bits per heavy atom. The number of amides is 1. The van der Waals surface area contributed by atoms with E-state index in [1.165, 1.54) is 17.8 Å². The van der Waals surface area contributed by atoms with Crippen LogP contribution in [0.1, 0.15) is 65.4 Å². The van der Waals surface area contributed by atoms with E-state index < -0.39 is 49.4 Å². The number of thioether (sulfide) groups is 1. The maximum absolute atomic E-state index is 13.3. The molecule has 12 nitrogen and oxygen atoms in total. The minimum Gasteiger partial charge on any atom is -0.469 e. The summed E-state index contributed by atoms with van der Waals surface area (Å²) in [5.41, 5.74) is -1.78. The Bertz CT molecular complexity index is 1150. The molecule has 206 valence electrons. The van der Waals surface area contributed by atoms with Gasteiger partial charge in [0.25, 0.3) is 5.69 Å². The number of carbonyl (C=O) groups is 2. The van der Waals surface area contributed by atoms with Gasteiger partial charge >= 0.3 is 12.1 Å². The summed E-state index contributed by atoms with van der Waals surface area (Å²) in [6.07, 6.45) is 1.61. The normalized spacial score (nSPS) is 15.7. The highest BCUT2D eigenvalue weighted by Crippen LogP contribution is 2.35. The number of esters is 1. The van der Waals surface area contributed by atoms with Crippen molar-refractivity contribution in [3.05, 3.63) is 27.8 Å². The average molecular weight is 559 g/mol. The third-order valence-corrected chi connectivity index (χ3v) is 7.77. The zero-order valence-corrected chi connectivity index (χ0v) is 23.3. The van der Waals surface area contributed by atoms with E-state index in [2.05, 4.69) is 26.7 Å². The van der Waals surface area contributed by atoms with Crippen molar-refractivity contribution in [1.29, 1.82) is 0 Å². The van der Waals surface area contributed by atoms with E-state index in [-0.39, 0.29) is 24.1 Å². The standard InChI is InChI=1S/C23H34N4O8S2/c1-6-7-8-9-19-25-18(14-36-19)26-37(32,33)17-12-11-16(24-22(29)35-23(2,3)4)15(21(17)27(30)31)10-13-20(28)34-5/h11-12,18,26H,6-10,13-14H2,1-5H3,(H,24,29)/t18-/m0/s1. The summed E-state index contributed by atoms with van der Waals surface area (Å²) in [5, 5.41) is 15.4. The number of hydrogen-bond donors (Lipinski definition) is 2. The van der Waals surface area contributed by atoms with Crippen molar-refractivity contribution in [2.45, 2.75) is 82.9 Å². The fraction of sp³-hybridized carbons (Fsp3) is 0.609. The second-order valence-electron chi connectivity index (χ2n) is 9.33. The molecule has 1 aliphatic heterocycles. The molecule has 0 radical (unpaired) electrons. The number of sulfonamides is 1. The van der Waals surface area contributed by atoms with Gasteiger partial charge in [-0.25, -0.2) is 13.2 Å². The van der Waals surface area contributed by atoms with E-state index in [0.29, 0.717) is 5.75 Å². The lowest BCUT2D eigenvalue weighted by atomic mass is 10.0. The van der Waals surface area contributed by atoms with Crippen LogP contribution >= 0.6 is 11.8 Å². The van der Waals surface area contributed by atoms with Crippen LogP contribution in [0.3, 0.4) is 0 Å². The molecule has 0 aromatic heterocycles. The Morgan fingerprint density at radius 3 is 2.54 bits per heavy atom. The van der Waals surface area contributed by atoms with Crippen molar-refractivity contribution in [3.8, 4) is 0 Å². The van der Waals surface area contributed by atoms with E-state index in [9.17, 15) is 28.1 Å². The highest BCUT2D eigenvalue weighted by atomic mass is 32.2. The SMILES string of the molecule is CCCCCC1=N[C@@H](NS(=O)(=O)c2ccc(NC(=O)OC(C)(C)C)c(CCC(=O)OC)c2[N+](=O)[O-])CS1. The molecule has 1 heterocycles. The number of nitro groups is 1. The molecule has 1 aliphatic rings. The first-order valence-corrected chi connectivity index (χ1v) is 14.3. The van der Waals surface area contributed by atoms with Crippen LogP contribution in [0.2, 0.25) is 0 Å². The molecule has 37 heavy (non-hydrogen) atoms. The van der Waals surface area contributed by atoms with Crippen LogP contribution in [0.5, 0.6) is 0 Å².